The minimum absolute atomic E-state index is 0.179. The molecule has 1 N–H and O–H groups in total. The lowest BCUT2D eigenvalue weighted by molar-refractivity contribution is 0.311. The predicted molar refractivity (Wildman–Crippen MR) is 83.3 cm³/mol. The van der Waals surface area contributed by atoms with Crippen LogP contribution in [0.4, 0.5) is 0 Å². The van der Waals surface area contributed by atoms with Crippen LogP contribution >= 0.6 is 0 Å². The Balaban J connectivity index is 1.86. The van der Waals surface area contributed by atoms with Crippen molar-refractivity contribution in [3.8, 4) is 5.75 Å². The summed E-state index contributed by atoms with van der Waals surface area (Å²) in [5.41, 5.74) is 1.86. The first-order valence-electron chi connectivity index (χ1n) is 7.53. The largest absolute Gasteiger partial charge is 0.492 e. The third-order valence-corrected chi connectivity index (χ3v) is 5.29. The summed E-state index contributed by atoms with van der Waals surface area (Å²) in [6.45, 7) is 4.73. The Morgan fingerprint density at radius 1 is 1.38 bits per heavy atom. The van der Waals surface area contributed by atoms with Crippen LogP contribution in [0.15, 0.2) is 12.1 Å². The van der Waals surface area contributed by atoms with Gasteiger partial charge in [0.05, 0.1) is 18.1 Å². The van der Waals surface area contributed by atoms with E-state index >= 15 is 0 Å². The van der Waals surface area contributed by atoms with Crippen LogP contribution in [0.25, 0.3) is 0 Å². The molecular formula is C15H24N2O3S. The summed E-state index contributed by atoms with van der Waals surface area (Å²) in [5.74, 6) is 1.12. The molecule has 0 bridgehead atoms. The summed E-state index contributed by atoms with van der Waals surface area (Å²) >= 11 is 0. The second kappa shape index (κ2) is 7.22. The molecule has 1 aromatic heterocycles. The zero-order chi connectivity index (χ0) is 15.3. The Morgan fingerprint density at radius 3 is 2.81 bits per heavy atom. The van der Waals surface area contributed by atoms with E-state index in [1.165, 1.54) is 12.8 Å². The van der Waals surface area contributed by atoms with Crippen LogP contribution in [0, 0.1) is 6.92 Å². The summed E-state index contributed by atoms with van der Waals surface area (Å²) in [6.07, 6.45) is 2.98. The van der Waals surface area contributed by atoms with E-state index in [9.17, 15) is 8.42 Å². The average molecular weight is 312 g/mol. The topological polar surface area (TPSA) is 68.3 Å². The molecule has 0 amide bonds. The quantitative estimate of drug-likeness (QED) is 0.705. The molecule has 0 radical (unpaired) electrons. The van der Waals surface area contributed by atoms with Gasteiger partial charge in [-0.05, 0) is 38.3 Å². The normalized spacial score (nSPS) is 15.1. The Hall–Kier alpha value is -1.14. The fraction of sp³-hybridized carbons (Fsp3) is 0.667. The van der Waals surface area contributed by atoms with Crippen molar-refractivity contribution in [2.45, 2.75) is 45.7 Å². The zero-order valence-electron chi connectivity index (χ0n) is 12.8. The molecule has 6 heteroatoms. The van der Waals surface area contributed by atoms with E-state index in [0.717, 1.165) is 17.1 Å². The molecule has 1 fully saturated rings. The minimum atomic E-state index is -2.91. The molecule has 1 aromatic rings. The van der Waals surface area contributed by atoms with Gasteiger partial charge in [-0.2, -0.15) is 0 Å². The van der Waals surface area contributed by atoms with Crippen LogP contribution in [0.2, 0.25) is 0 Å². The van der Waals surface area contributed by atoms with Gasteiger partial charge >= 0.3 is 0 Å². The summed E-state index contributed by atoms with van der Waals surface area (Å²) in [5, 5.41) is 3.43. The van der Waals surface area contributed by atoms with Crippen molar-refractivity contribution in [3.63, 3.8) is 0 Å². The van der Waals surface area contributed by atoms with E-state index in [-0.39, 0.29) is 11.5 Å². The van der Waals surface area contributed by atoms with Crippen molar-refractivity contribution in [1.82, 2.24) is 10.3 Å². The second-order valence-electron chi connectivity index (χ2n) is 5.49. The molecule has 0 atom stereocenters. The highest BCUT2D eigenvalue weighted by molar-refractivity contribution is 7.91. The number of hydrogen-bond acceptors (Lipinski definition) is 5. The van der Waals surface area contributed by atoms with Gasteiger partial charge in [0.1, 0.15) is 15.6 Å². The zero-order valence-corrected chi connectivity index (χ0v) is 13.6. The van der Waals surface area contributed by atoms with Crippen molar-refractivity contribution in [1.29, 1.82) is 0 Å². The number of hydrogen-bond donors (Lipinski definition) is 1. The van der Waals surface area contributed by atoms with Crippen LogP contribution in [0.5, 0.6) is 5.75 Å². The first-order chi connectivity index (χ1) is 10.00. The van der Waals surface area contributed by atoms with Crippen molar-refractivity contribution >= 4 is 9.84 Å². The van der Waals surface area contributed by atoms with Gasteiger partial charge in [-0.3, -0.25) is 4.98 Å². The highest BCUT2D eigenvalue weighted by atomic mass is 32.2. The molecule has 2 rings (SSSR count). The Morgan fingerprint density at radius 2 is 2.14 bits per heavy atom. The fourth-order valence-electron chi connectivity index (χ4n) is 1.99. The molecule has 0 aromatic carbocycles. The average Bonchev–Trinajstić information content (AvgIpc) is 3.27. The van der Waals surface area contributed by atoms with E-state index in [0.29, 0.717) is 25.6 Å². The van der Waals surface area contributed by atoms with Crippen LogP contribution in [0.1, 0.15) is 37.6 Å². The second-order valence-corrected chi connectivity index (χ2v) is 7.96. The van der Waals surface area contributed by atoms with Crippen molar-refractivity contribution in [2.24, 2.45) is 0 Å². The summed E-state index contributed by atoms with van der Waals surface area (Å²) in [4.78, 5) is 4.51. The van der Waals surface area contributed by atoms with Gasteiger partial charge in [-0.15, -0.1) is 0 Å². The van der Waals surface area contributed by atoms with Crippen LogP contribution in [0.3, 0.4) is 0 Å². The smallest absolute Gasteiger partial charge is 0.150 e. The number of nitrogens with one attached hydrogen (secondary N) is 1. The fourth-order valence-corrected chi connectivity index (χ4v) is 2.84. The molecule has 118 valence electrons. The first-order valence-corrected chi connectivity index (χ1v) is 9.35. The molecule has 0 aliphatic heterocycles. The number of rotatable bonds is 9. The highest BCUT2D eigenvalue weighted by Crippen LogP contribution is 2.22. The van der Waals surface area contributed by atoms with E-state index in [2.05, 4.69) is 10.3 Å². The molecule has 1 heterocycles. The van der Waals surface area contributed by atoms with Gasteiger partial charge in [-0.25, -0.2) is 8.42 Å². The molecule has 1 aliphatic rings. The summed E-state index contributed by atoms with van der Waals surface area (Å²) in [7, 11) is -2.91. The van der Waals surface area contributed by atoms with Crippen LogP contribution < -0.4 is 10.1 Å². The van der Waals surface area contributed by atoms with Crippen molar-refractivity contribution in [3.05, 3.63) is 23.5 Å². The minimum Gasteiger partial charge on any atom is -0.492 e. The van der Waals surface area contributed by atoms with Gasteiger partial charge in [0.2, 0.25) is 0 Å². The first kappa shape index (κ1) is 16.2. The van der Waals surface area contributed by atoms with E-state index in [1.807, 2.05) is 19.1 Å². The number of ether oxygens (including phenoxy) is 1. The SMILES string of the molecule is CCS(=O)(=O)CCCOc1ccc(C)nc1CNC1CC1. The highest BCUT2D eigenvalue weighted by Gasteiger charge is 2.21. The van der Waals surface area contributed by atoms with Gasteiger partial charge in [0.25, 0.3) is 0 Å². The standard InChI is InChI=1S/C15H24N2O3S/c1-3-21(18,19)10-4-9-20-15-8-5-12(2)17-14(15)11-16-13-6-7-13/h5,8,13,16H,3-4,6-7,9-11H2,1-2H3. The molecular weight excluding hydrogens is 288 g/mol. The molecule has 0 unspecified atom stereocenters. The maximum Gasteiger partial charge on any atom is 0.150 e. The van der Waals surface area contributed by atoms with E-state index in [4.69, 9.17) is 4.74 Å². The Bertz CT molecular complexity index is 568. The van der Waals surface area contributed by atoms with Gasteiger partial charge < -0.3 is 10.1 Å². The number of aryl methyl sites for hydroxylation is 1. The lowest BCUT2D eigenvalue weighted by atomic mass is 10.2. The lowest BCUT2D eigenvalue weighted by Crippen LogP contribution is -2.18. The van der Waals surface area contributed by atoms with Gasteiger partial charge in [0, 0.05) is 24.0 Å². The molecule has 0 spiro atoms. The van der Waals surface area contributed by atoms with Crippen LogP contribution in [-0.2, 0) is 16.4 Å². The van der Waals surface area contributed by atoms with Gasteiger partial charge in [0.15, 0.2) is 0 Å². The molecule has 0 saturated heterocycles. The third-order valence-electron chi connectivity index (χ3n) is 3.50. The summed E-state index contributed by atoms with van der Waals surface area (Å²) in [6, 6.07) is 4.45. The molecule has 5 nitrogen and oxygen atoms in total. The van der Waals surface area contributed by atoms with Crippen molar-refractivity contribution in [2.75, 3.05) is 18.1 Å². The van der Waals surface area contributed by atoms with E-state index < -0.39 is 9.84 Å². The molecule has 21 heavy (non-hydrogen) atoms. The predicted octanol–water partition coefficient (Wildman–Crippen LogP) is 1.85. The lowest BCUT2D eigenvalue weighted by Gasteiger charge is -2.12. The summed E-state index contributed by atoms with van der Waals surface area (Å²) < 4.78 is 28.6. The molecule has 1 saturated carbocycles. The van der Waals surface area contributed by atoms with Gasteiger partial charge in [-0.1, -0.05) is 6.92 Å². The third kappa shape index (κ3) is 5.63. The number of aromatic nitrogens is 1. The Labute approximate surface area is 127 Å². The maximum absolute atomic E-state index is 11.4. The Kier molecular flexibility index (Phi) is 5.58. The number of nitrogens with zero attached hydrogens (tertiary/aromatic N) is 1. The van der Waals surface area contributed by atoms with Crippen LogP contribution in [-0.4, -0.2) is 37.6 Å². The van der Waals surface area contributed by atoms with E-state index in [1.54, 1.807) is 6.92 Å². The van der Waals surface area contributed by atoms with Crippen molar-refractivity contribution < 1.29 is 13.2 Å². The number of pyridine rings is 1. The monoisotopic (exact) mass is 312 g/mol. The number of sulfone groups is 1. The maximum atomic E-state index is 11.4. The molecule has 1 aliphatic carbocycles.